The Kier molecular flexibility index (Phi) is 3.24. The van der Waals surface area contributed by atoms with Gasteiger partial charge in [-0.3, -0.25) is 0 Å². The summed E-state index contributed by atoms with van der Waals surface area (Å²) in [5.41, 5.74) is 2.59. The fourth-order valence-corrected chi connectivity index (χ4v) is 3.32. The van der Waals surface area contributed by atoms with Crippen molar-refractivity contribution < 1.29 is 0 Å². The quantitative estimate of drug-likeness (QED) is 0.772. The summed E-state index contributed by atoms with van der Waals surface area (Å²) in [6.45, 7) is 3.09. The zero-order valence-corrected chi connectivity index (χ0v) is 12.0. The third-order valence-corrected chi connectivity index (χ3v) is 4.47. The minimum Gasteiger partial charge on any atom is -0.361 e. The Morgan fingerprint density at radius 2 is 2.33 bits per heavy atom. The normalized spacial score (nSPS) is 18.0. The molecule has 0 amide bonds. The summed E-state index contributed by atoms with van der Waals surface area (Å²) >= 11 is 0. The molecular weight excluding hydrogens is 260 g/mol. The molecule has 1 aliphatic heterocycles. The molecule has 3 heterocycles. The Morgan fingerprint density at radius 3 is 3.33 bits per heavy atom. The van der Waals surface area contributed by atoms with E-state index in [1.165, 1.54) is 28.7 Å². The molecule has 21 heavy (non-hydrogen) atoms. The number of aromatic amines is 1. The van der Waals surface area contributed by atoms with Gasteiger partial charge in [0.1, 0.15) is 5.82 Å². The lowest BCUT2D eigenvalue weighted by Crippen LogP contribution is -2.29. The van der Waals surface area contributed by atoms with Crippen LogP contribution in [0.3, 0.4) is 0 Å². The number of imidazole rings is 1. The zero-order valence-electron chi connectivity index (χ0n) is 12.0. The second kappa shape index (κ2) is 5.37. The highest BCUT2D eigenvalue weighted by Crippen LogP contribution is 2.19. The topological polar surface area (TPSA) is 45.6 Å². The summed E-state index contributed by atoms with van der Waals surface area (Å²) in [6, 6.07) is 8.61. The Bertz CT molecular complexity index is 740. The van der Waals surface area contributed by atoms with E-state index < -0.39 is 0 Å². The molecule has 0 fully saturated rings. The van der Waals surface area contributed by atoms with Crippen LogP contribution < -0.4 is 5.32 Å². The molecule has 2 N–H and O–H groups in total. The number of nitrogens with one attached hydrogen (secondary N) is 2. The Morgan fingerprint density at radius 1 is 1.33 bits per heavy atom. The molecule has 0 saturated carbocycles. The van der Waals surface area contributed by atoms with Crippen LogP contribution in [0.15, 0.2) is 42.9 Å². The highest BCUT2D eigenvalue weighted by Gasteiger charge is 2.18. The van der Waals surface area contributed by atoms with Crippen molar-refractivity contribution in [3.63, 3.8) is 0 Å². The maximum Gasteiger partial charge on any atom is 0.108 e. The van der Waals surface area contributed by atoms with Crippen LogP contribution in [0, 0.1) is 5.92 Å². The second-order valence-electron chi connectivity index (χ2n) is 5.89. The first kappa shape index (κ1) is 12.7. The van der Waals surface area contributed by atoms with E-state index in [9.17, 15) is 0 Å². The van der Waals surface area contributed by atoms with Gasteiger partial charge in [-0.1, -0.05) is 12.1 Å². The lowest BCUT2D eigenvalue weighted by Gasteiger charge is -2.24. The highest BCUT2D eigenvalue weighted by atomic mass is 15.1. The van der Waals surface area contributed by atoms with Crippen molar-refractivity contribution in [1.82, 2.24) is 19.9 Å². The van der Waals surface area contributed by atoms with Crippen LogP contribution in [0.5, 0.6) is 0 Å². The van der Waals surface area contributed by atoms with Crippen molar-refractivity contribution in [2.24, 2.45) is 5.92 Å². The number of benzene rings is 1. The number of aryl methyl sites for hydroxylation is 1. The second-order valence-corrected chi connectivity index (χ2v) is 5.89. The van der Waals surface area contributed by atoms with Gasteiger partial charge in [0.25, 0.3) is 0 Å². The number of hydrogen-bond donors (Lipinski definition) is 2. The van der Waals surface area contributed by atoms with Crippen LogP contribution in [0.2, 0.25) is 0 Å². The van der Waals surface area contributed by atoms with Gasteiger partial charge in [-0.15, -0.1) is 0 Å². The summed E-state index contributed by atoms with van der Waals surface area (Å²) in [6.07, 6.45) is 8.36. The Hall–Kier alpha value is -2.07. The molecule has 0 spiro atoms. The number of hydrogen-bond acceptors (Lipinski definition) is 2. The van der Waals surface area contributed by atoms with Crippen molar-refractivity contribution in [1.29, 1.82) is 0 Å². The van der Waals surface area contributed by atoms with Crippen molar-refractivity contribution in [2.45, 2.75) is 25.9 Å². The molecule has 4 nitrogen and oxygen atoms in total. The van der Waals surface area contributed by atoms with E-state index in [-0.39, 0.29) is 0 Å². The van der Waals surface area contributed by atoms with Crippen molar-refractivity contribution >= 4 is 10.9 Å². The maximum absolute atomic E-state index is 4.39. The fourth-order valence-electron chi connectivity index (χ4n) is 3.32. The van der Waals surface area contributed by atoms with Crippen LogP contribution in [0.1, 0.15) is 17.8 Å². The molecular formula is C17H20N4. The number of H-pyrrole nitrogens is 1. The first-order chi connectivity index (χ1) is 10.4. The predicted molar refractivity (Wildman–Crippen MR) is 84.0 cm³/mol. The smallest absolute Gasteiger partial charge is 0.108 e. The van der Waals surface area contributed by atoms with Gasteiger partial charge in [0, 0.05) is 49.0 Å². The minimum atomic E-state index is 0.706. The molecule has 1 atom stereocenters. The zero-order chi connectivity index (χ0) is 14.1. The molecule has 108 valence electrons. The maximum atomic E-state index is 4.39. The summed E-state index contributed by atoms with van der Waals surface area (Å²) in [4.78, 5) is 7.66. The van der Waals surface area contributed by atoms with Gasteiger partial charge >= 0.3 is 0 Å². The third-order valence-electron chi connectivity index (χ3n) is 4.47. The summed E-state index contributed by atoms with van der Waals surface area (Å²) < 4.78 is 2.29. The van der Waals surface area contributed by atoms with Gasteiger partial charge in [0.15, 0.2) is 0 Å². The van der Waals surface area contributed by atoms with E-state index >= 15 is 0 Å². The van der Waals surface area contributed by atoms with Crippen LogP contribution in [-0.2, 0) is 19.5 Å². The minimum absolute atomic E-state index is 0.706. The van der Waals surface area contributed by atoms with E-state index in [1.807, 2.05) is 12.4 Å². The molecule has 2 aromatic heterocycles. The van der Waals surface area contributed by atoms with E-state index in [1.54, 1.807) is 0 Å². The first-order valence-corrected chi connectivity index (χ1v) is 7.66. The number of aromatic nitrogens is 3. The Labute approximate surface area is 124 Å². The molecule has 3 aromatic rings. The summed E-state index contributed by atoms with van der Waals surface area (Å²) in [7, 11) is 0. The Balaban J connectivity index is 1.37. The van der Waals surface area contributed by atoms with Gasteiger partial charge in [0.2, 0.25) is 0 Å². The third kappa shape index (κ3) is 2.47. The predicted octanol–water partition coefficient (Wildman–Crippen LogP) is 2.72. The van der Waals surface area contributed by atoms with Gasteiger partial charge < -0.3 is 14.9 Å². The van der Waals surface area contributed by atoms with Gasteiger partial charge in [-0.2, -0.15) is 0 Å². The SMILES string of the molecule is c1cc(CNCC2CCc3nccn3C2)c2cc[nH]c2c1. The lowest BCUT2D eigenvalue weighted by molar-refractivity contribution is 0.347. The molecule has 1 aromatic carbocycles. The summed E-state index contributed by atoms with van der Waals surface area (Å²) in [5.74, 6) is 1.94. The standard InChI is InChI=1S/C17H20N4/c1-2-14(15-6-7-19-16(15)3-1)11-18-10-13-4-5-17-20-8-9-21(17)12-13/h1-3,6-9,13,18-19H,4-5,10-12H2. The molecule has 0 aliphatic carbocycles. The van der Waals surface area contributed by atoms with Crippen LogP contribution in [-0.4, -0.2) is 21.1 Å². The average Bonchev–Trinajstić information content (AvgIpc) is 3.15. The van der Waals surface area contributed by atoms with Gasteiger partial charge in [0.05, 0.1) is 0 Å². The molecule has 0 radical (unpaired) electrons. The fraction of sp³-hybridized carbons (Fsp3) is 0.353. The van der Waals surface area contributed by atoms with Crippen molar-refractivity contribution in [2.75, 3.05) is 6.54 Å². The summed E-state index contributed by atoms with van der Waals surface area (Å²) in [5, 5.41) is 4.95. The van der Waals surface area contributed by atoms with E-state index in [0.717, 1.165) is 26.1 Å². The molecule has 1 aliphatic rings. The molecule has 0 saturated heterocycles. The number of nitrogens with zero attached hydrogens (tertiary/aromatic N) is 2. The van der Waals surface area contributed by atoms with Gasteiger partial charge in [-0.25, -0.2) is 4.98 Å². The number of rotatable bonds is 4. The van der Waals surface area contributed by atoms with Crippen molar-refractivity contribution in [3.8, 4) is 0 Å². The molecule has 0 bridgehead atoms. The largest absolute Gasteiger partial charge is 0.361 e. The molecule has 4 heteroatoms. The lowest BCUT2D eigenvalue weighted by atomic mass is 9.99. The average molecular weight is 280 g/mol. The molecule has 1 unspecified atom stereocenters. The van der Waals surface area contributed by atoms with E-state index in [4.69, 9.17) is 0 Å². The van der Waals surface area contributed by atoms with Crippen LogP contribution >= 0.6 is 0 Å². The van der Waals surface area contributed by atoms with Gasteiger partial charge in [-0.05, 0) is 36.6 Å². The van der Waals surface area contributed by atoms with Crippen LogP contribution in [0.25, 0.3) is 10.9 Å². The monoisotopic (exact) mass is 280 g/mol. The van der Waals surface area contributed by atoms with Crippen LogP contribution in [0.4, 0.5) is 0 Å². The van der Waals surface area contributed by atoms with Crippen molar-refractivity contribution in [3.05, 3.63) is 54.2 Å². The number of fused-ring (bicyclic) bond motifs is 2. The first-order valence-electron chi connectivity index (χ1n) is 7.66. The van der Waals surface area contributed by atoms with E-state index in [2.05, 4.69) is 50.3 Å². The van der Waals surface area contributed by atoms with E-state index in [0.29, 0.717) is 5.92 Å². The molecule has 4 rings (SSSR count). The highest BCUT2D eigenvalue weighted by molar-refractivity contribution is 5.82.